The van der Waals surface area contributed by atoms with Crippen molar-refractivity contribution >= 4 is 11.3 Å². The Morgan fingerprint density at radius 2 is 2.44 bits per heavy atom. The highest BCUT2D eigenvalue weighted by atomic mass is 32.1. The Hall–Kier alpha value is -1.24. The van der Waals surface area contributed by atoms with Gasteiger partial charge in [0.2, 0.25) is 5.89 Å². The van der Waals surface area contributed by atoms with Gasteiger partial charge in [-0.2, -0.15) is 0 Å². The molecule has 0 unspecified atom stereocenters. The number of nitrogens with zero attached hydrogens (tertiary/aromatic N) is 3. The molecule has 0 spiro atoms. The lowest BCUT2D eigenvalue weighted by Crippen LogP contribution is -2.37. The molecule has 18 heavy (non-hydrogen) atoms. The second kappa shape index (κ2) is 5.17. The fraction of sp³-hybridized carbons (Fsp3) is 0.500. The Labute approximate surface area is 109 Å². The molecule has 1 fully saturated rings. The van der Waals surface area contributed by atoms with E-state index < -0.39 is 0 Å². The van der Waals surface area contributed by atoms with Gasteiger partial charge in [-0.05, 0) is 30.8 Å². The Balaban J connectivity index is 1.66. The summed E-state index contributed by atoms with van der Waals surface area (Å²) in [5, 5.41) is 19.7. The van der Waals surface area contributed by atoms with Gasteiger partial charge in [0, 0.05) is 6.54 Å². The smallest absolute Gasteiger partial charge is 0.257 e. The SMILES string of the molecule is O[C@H]1CCCN(Cc2nnc(-c3cccs3)o2)C1. The van der Waals surface area contributed by atoms with Crippen LogP contribution in [-0.4, -0.2) is 39.4 Å². The minimum absolute atomic E-state index is 0.224. The first-order valence-corrected chi connectivity index (χ1v) is 6.96. The van der Waals surface area contributed by atoms with Gasteiger partial charge in [-0.1, -0.05) is 6.07 Å². The van der Waals surface area contributed by atoms with E-state index in [0.29, 0.717) is 24.9 Å². The highest BCUT2D eigenvalue weighted by Crippen LogP contribution is 2.23. The molecule has 5 nitrogen and oxygen atoms in total. The lowest BCUT2D eigenvalue weighted by atomic mass is 10.1. The maximum Gasteiger partial charge on any atom is 0.257 e. The maximum atomic E-state index is 9.61. The molecule has 0 amide bonds. The molecule has 0 radical (unpaired) electrons. The molecule has 6 heteroatoms. The van der Waals surface area contributed by atoms with Crippen LogP contribution in [0.2, 0.25) is 0 Å². The minimum atomic E-state index is -0.224. The van der Waals surface area contributed by atoms with Crippen LogP contribution in [0.4, 0.5) is 0 Å². The molecule has 0 aliphatic carbocycles. The zero-order valence-corrected chi connectivity index (χ0v) is 10.8. The Bertz CT molecular complexity index is 497. The number of piperidine rings is 1. The number of aliphatic hydroxyl groups is 1. The summed E-state index contributed by atoms with van der Waals surface area (Å²) < 4.78 is 5.63. The molecule has 96 valence electrons. The lowest BCUT2D eigenvalue weighted by molar-refractivity contribution is 0.0625. The highest BCUT2D eigenvalue weighted by Gasteiger charge is 2.20. The number of aromatic nitrogens is 2. The van der Waals surface area contributed by atoms with Gasteiger partial charge in [-0.15, -0.1) is 21.5 Å². The molecule has 2 aromatic heterocycles. The van der Waals surface area contributed by atoms with Crippen LogP contribution >= 0.6 is 11.3 Å². The fourth-order valence-electron chi connectivity index (χ4n) is 2.18. The van der Waals surface area contributed by atoms with Crippen molar-refractivity contribution in [2.45, 2.75) is 25.5 Å². The molecule has 3 heterocycles. The standard InChI is InChI=1S/C12H15N3O2S/c16-9-3-1-5-15(7-9)8-11-13-14-12(17-11)10-4-2-6-18-10/h2,4,6,9,16H,1,3,5,7-8H2/t9-/m0/s1. The van der Waals surface area contributed by atoms with Crippen molar-refractivity contribution in [3.05, 3.63) is 23.4 Å². The van der Waals surface area contributed by atoms with E-state index in [-0.39, 0.29) is 6.10 Å². The topological polar surface area (TPSA) is 62.4 Å². The van der Waals surface area contributed by atoms with Crippen LogP contribution in [0.3, 0.4) is 0 Å². The van der Waals surface area contributed by atoms with Crippen LogP contribution in [-0.2, 0) is 6.54 Å². The number of likely N-dealkylation sites (tertiary alicyclic amines) is 1. The van der Waals surface area contributed by atoms with Crippen LogP contribution in [0.5, 0.6) is 0 Å². The minimum Gasteiger partial charge on any atom is -0.419 e. The summed E-state index contributed by atoms with van der Waals surface area (Å²) in [6.45, 7) is 2.29. The summed E-state index contributed by atoms with van der Waals surface area (Å²) in [5.41, 5.74) is 0. The quantitative estimate of drug-likeness (QED) is 0.916. The van der Waals surface area contributed by atoms with Gasteiger partial charge in [0.1, 0.15) is 0 Å². The van der Waals surface area contributed by atoms with Crippen molar-refractivity contribution in [3.63, 3.8) is 0 Å². The highest BCUT2D eigenvalue weighted by molar-refractivity contribution is 7.13. The fourth-order valence-corrected chi connectivity index (χ4v) is 2.83. The van der Waals surface area contributed by atoms with Gasteiger partial charge in [0.25, 0.3) is 5.89 Å². The van der Waals surface area contributed by atoms with Crippen molar-refractivity contribution in [1.29, 1.82) is 0 Å². The molecular weight excluding hydrogens is 250 g/mol. The van der Waals surface area contributed by atoms with Crippen LogP contribution in [0, 0.1) is 0 Å². The largest absolute Gasteiger partial charge is 0.419 e. The number of hydrogen-bond acceptors (Lipinski definition) is 6. The average Bonchev–Trinajstić information content (AvgIpc) is 2.98. The van der Waals surface area contributed by atoms with Crippen molar-refractivity contribution < 1.29 is 9.52 Å². The molecular formula is C12H15N3O2S. The molecule has 0 saturated carbocycles. The normalized spacial score (nSPS) is 21.3. The summed E-state index contributed by atoms with van der Waals surface area (Å²) in [6, 6.07) is 3.93. The number of hydrogen-bond donors (Lipinski definition) is 1. The third-order valence-electron chi connectivity index (χ3n) is 3.04. The molecule has 1 aliphatic rings. The number of thiophene rings is 1. The molecule has 1 aliphatic heterocycles. The predicted octanol–water partition coefficient (Wildman–Crippen LogP) is 1.75. The van der Waals surface area contributed by atoms with Crippen molar-refractivity contribution in [2.75, 3.05) is 13.1 Å². The first-order chi connectivity index (χ1) is 8.81. The van der Waals surface area contributed by atoms with E-state index in [0.717, 1.165) is 24.3 Å². The van der Waals surface area contributed by atoms with Gasteiger partial charge in [0.05, 0.1) is 17.5 Å². The van der Waals surface area contributed by atoms with E-state index in [1.165, 1.54) is 0 Å². The third kappa shape index (κ3) is 2.60. The average molecular weight is 265 g/mol. The van der Waals surface area contributed by atoms with Crippen LogP contribution in [0.25, 0.3) is 10.8 Å². The van der Waals surface area contributed by atoms with E-state index >= 15 is 0 Å². The van der Waals surface area contributed by atoms with E-state index in [9.17, 15) is 5.11 Å². The van der Waals surface area contributed by atoms with Gasteiger partial charge in [-0.3, -0.25) is 4.90 Å². The summed E-state index contributed by atoms with van der Waals surface area (Å²) in [5.74, 6) is 1.20. The summed E-state index contributed by atoms with van der Waals surface area (Å²) >= 11 is 1.59. The molecule has 0 bridgehead atoms. The summed E-state index contributed by atoms with van der Waals surface area (Å²) in [7, 11) is 0. The monoisotopic (exact) mass is 265 g/mol. The molecule has 3 rings (SSSR count). The molecule has 1 atom stereocenters. The van der Waals surface area contributed by atoms with Crippen LogP contribution in [0.15, 0.2) is 21.9 Å². The summed E-state index contributed by atoms with van der Waals surface area (Å²) in [6.07, 6.45) is 1.69. The van der Waals surface area contributed by atoms with E-state index in [4.69, 9.17) is 4.42 Å². The third-order valence-corrected chi connectivity index (χ3v) is 3.90. The Kier molecular flexibility index (Phi) is 3.40. The maximum absolute atomic E-state index is 9.61. The van der Waals surface area contributed by atoms with Crippen molar-refractivity contribution in [3.8, 4) is 10.8 Å². The number of β-amino-alcohol motifs (C(OH)–C–C–N with tert-alkyl or cyclic N) is 1. The van der Waals surface area contributed by atoms with Crippen molar-refractivity contribution in [1.82, 2.24) is 15.1 Å². The number of rotatable bonds is 3. The van der Waals surface area contributed by atoms with E-state index in [1.807, 2.05) is 17.5 Å². The first-order valence-electron chi connectivity index (χ1n) is 6.08. The number of aliphatic hydroxyl groups excluding tert-OH is 1. The molecule has 1 N–H and O–H groups in total. The van der Waals surface area contributed by atoms with Gasteiger partial charge < -0.3 is 9.52 Å². The van der Waals surface area contributed by atoms with Gasteiger partial charge >= 0.3 is 0 Å². The van der Waals surface area contributed by atoms with Gasteiger partial charge in [-0.25, -0.2) is 0 Å². The van der Waals surface area contributed by atoms with E-state index in [1.54, 1.807) is 11.3 Å². The molecule has 2 aromatic rings. The predicted molar refractivity (Wildman–Crippen MR) is 68.1 cm³/mol. The Morgan fingerprint density at radius 1 is 1.50 bits per heavy atom. The molecule has 1 saturated heterocycles. The second-order valence-corrected chi connectivity index (χ2v) is 5.46. The Morgan fingerprint density at radius 3 is 3.22 bits per heavy atom. The second-order valence-electron chi connectivity index (χ2n) is 4.51. The zero-order chi connectivity index (χ0) is 12.4. The van der Waals surface area contributed by atoms with Crippen molar-refractivity contribution in [2.24, 2.45) is 0 Å². The summed E-state index contributed by atoms with van der Waals surface area (Å²) in [4.78, 5) is 3.15. The lowest BCUT2D eigenvalue weighted by Gasteiger charge is -2.28. The van der Waals surface area contributed by atoms with Gasteiger partial charge in [0.15, 0.2) is 0 Å². The molecule has 0 aromatic carbocycles. The zero-order valence-electron chi connectivity index (χ0n) is 9.95. The first kappa shape index (κ1) is 11.8. The van der Waals surface area contributed by atoms with Crippen LogP contribution in [0.1, 0.15) is 18.7 Å². The van der Waals surface area contributed by atoms with E-state index in [2.05, 4.69) is 15.1 Å². The van der Waals surface area contributed by atoms with Crippen LogP contribution < -0.4 is 0 Å².